The molecule has 0 amide bonds. The minimum Gasteiger partial charge on any atom is -0.481 e. The first-order valence-electron chi connectivity index (χ1n) is 4.69. The molecule has 1 heterocycles. The molecule has 0 aromatic carbocycles. The van der Waals surface area contributed by atoms with Gasteiger partial charge in [0.1, 0.15) is 0 Å². The van der Waals surface area contributed by atoms with Crippen molar-refractivity contribution in [3.05, 3.63) is 0 Å². The van der Waals surface area contributed by atoms with Gasteiger partial charge in [-0.05, 0) is 26.5 Å². The van der Waals surface area contributed by atoms with E-state index in [1.165, 1.54) is 0 Å². The fourth-order valence-corrected chi connectivity index (χ4v) is 3.61. The second-order valence-electron chi connectivity index (χ2n) is 3.83. The fourth-order valence-electron chi connectivity index (χ4n) is 0.838. The van der Waals surface area contributed by atoms with Gasteiger partial charge in [-0.2, -0.15) is 0 Å². The van der Waals surface area contributed by atoms with E-state index in [-0.39, 0.29) is 0 Å². The Morgan fingerprint density at radius 2 is 2.06 bits per heavy atom. The van der Waals surface area contributed by atoms with E-state index in [1.54, 1.807) is 48.7 Å². The smallest absolute Gasteiger partial charge is 0.309 e. The van der Waals surface area contributed by atoms with E-state index < -0.39 is 11.4 Å². The van der Waals surface area contributed by atoms with Gasteiger partial charge < -0.3 is 5.11 Å². The normalized spacial score (nSPS) is 11.7. The van der Waals surface area contributed by atoms with Crippen molar-refractivity contribution in [3.63, 3.8) is 0 Å². The van der Waals surface area contributed by atoms with Crippen LogP contribution in [0.1, 0.15) is 20.3 Å². The molecule has 1 aromatic heterocycles. The van der Waals surface area contributed by atoms with Crippen LogP contribution < -0.4 is 0 Å². The zero-order valence-corrected chi connectivity index (χ0v) is 11.8. The third kappa shape index (κ3) is 3.95. The highest BCUT2D eigenvalue weighted by Crippen LogP contribution is 2.30. The zero-order valence-electron chi connectivity index (χ0n) is 9.39. The monoisotopic (exact) mass is 278 g/mol. The van der Waals surface area contributed by atoms with Crippen LogP contribution in [0.15, 0.2) is 8.68 Å². The number of aliphatic carboxylic acids is 1. The van der Waals surface area contributed by atoms with Crippen LogP contribution >= 0.6 is 34.9 Å². The first kappa shape index (κ1) is 13.8. The Morgan fingerprint density at radius 3 is 2.56 bits per heavy atom. The molecule has 1 rings (SSSR count). The Hall–Kier alpha value is -0.270. The maximum absolute atomic E-state index is 10.9. The fraction of sp³-hybridized carbons (Fsp3) is 0.667. The third-order valence-corrected chi connectivity index (χ3v) is 5.13. The summed E-state index contributed by atoms with van der Waals surface area (Å²) in [6.45, 7) is 3.48. The molecular weight excluding hydrogens is 264 g/mol. The van der Waals surface area contributed by atoms with Crippen LogP contribution in [0.5, 0.6) is 0 Å². The molecule has 0 aliphatic heterocycles. The summed E-state index contributed by atoms with van der Waals surface area (Å²) in [4.78, 5) is 10.9. The highest BCUT2D eigenvalue weighted by atomic mass is 32.2. The van der Waals surface area contributed by atoms with Gasteiger partial charge in [0.15, 0.2) is 8.68 Å². The quantitative estimate of drug-likeness (QED) is 0.807. The first-order chi connectivity index (χ1) is 7.45. The number of rotatable bonds is 6. The van der Waals surface area contributed by atoms with Crippen molar-refractivity contribution in [3.8, 4) is 0 Å². The maximum atomic E-state index is 10.9. The second kappa shape index (κ2) is 5.88. The Labute approximate surface area is 107 Å². The summed E-state index contributed by atoms with van der Waals surface area (Å²) in [6, 6.07) is 0. The lowest BCUT2D eigenvalue weighted by Crippen LogP contribution is -2.24. The van der Waals surface area contributed by atoms with E-state index in [1.807, 2.05) is 6.26 Å². The Morgan fingerprint density at radius 1 is 1.44 bits per heavy atom. The Balaban J connectivity index is 2.38. The minimum atomic E-state index is -0.754. The van der Waals surface area contributed by atoms with E-state index in [0.29, 0.717) is 6.42 Å². The molecule has 0 saturated carbocycles. The van der Waals surface area contributed by atoms with Crippen LogP contribution in [-0.4, -0.2) is 33.3 Å². The number of nitrogens with zero attached hydrogens (tertiary/aromatic N) is 2. The average molecular weight is 278 g/mol. The van der Waals surface area contributed by atoms with Crippen LogP contribution in [0.4, 0.5) is 0 Å². The van der Waals surface area contributed by atoms with Crippen molar-refractivity contribution in [2.75, 3.05) is 12.0 Å². The van der Waals surface area contributed by atoms with Gasteiger partial charge in [-0.25, -0.2) is 0 Å². The van der Waals surface area contributed by atoms with Gasteiger partial charge in [0, 0.05) is 5.75 Å². The van der Waals surface area contributed by atoms with Crippen molar-refractivity contribution in [2.45, 2.75) is 28.9 Å². The van der Waals surface area contributed by atoms with Gasteiger partial charge in [0.05, 0.1) is 5.41 Å². The Kier molecular flexibility index (Phi) is 5.07. The van der Waals surface area contributed by atoms with Gasteiger partial charge in [0.25, 0.3) is 0 Å². The highest BCUT2D eigenvalue weighted by molar-refractivity contribution is 8.02. The van der Waals surface area contributed by atoms with Crippen LogP contribution in [0.25, 0.3) is 0 Å². The predicted molar refractivity (Wildman–Crippen MR) is 68.4 cm³/mol. The second-order valence-corrected chi connectivity index (χ2v) is 7.20. The highest BCUT2D eigenvalue weighted by Gasteiger charge is 2.26. The van der Waals surface area contributed by atoms with Crippen LogP contribution in [0.3, 0.4) is 0 Å². The number of carbonyl (C=O) groups is 1. The molecule has 7 heteroatoms. The third-order valence-electron chi connectivity index (χ3n) is 2.09. The summed E-state index contributed by atoms with van der Waals surface area (Å²) in [5.41, 5.74) is -0.667. The number of carboxylic acids is 1. The first-order valence-corrected chi connectivity index (χ1v) is 7.72. The molecule has 0 fully saturated rings. The molecule has 0 bridgehead atoms. The minimum absolute atomic E-state index is 0.626. The molecule has 0 unspecified atom stereocenters. The number of hydrogen-bond donors (Lipinski definition) is 1. The maximum Gasteiger partial charge on any atom is 0.309 e. The van der Waals surface area contributed by atoms with Gasteiger partial charge in [0.2, 0.25) is 0 Å². The number of aromatic nitrogens is 2. The zero-order chi connectivity index (χ0) is 12.2. The SMILES string of the molecule is CSc1nnc(SCCC(C)(C)C(=O)O)s1. The molecule has 0 aliphatic carbocycles. The largest absolute Gasteiger partial charge is 0.481 e. The summed E-state index contributed by atoms with van der Waals surface area (Å²) in [5.74, 6) is -0.00218. The van der Waals surface area contributed by atoms with Crippen molar-refractivity contribution >= 4 is 40.8 Å². The standard InChI is InChI=1S/C9H14N2O2S3/c1-9(2,6(12)13)4-5-15-8-11-10-7(14-3)16-8/h4-5H2,1-3H3,(H,12,13). The molecule has 4 nitrogen and oxygen atoms in total. The van der Waals surface area contributed by atoms with E-state index in [9.17, 15) is 4.79 Å². The molecule has 1 N–H and O–H groups in total. The summed E-state index contributed by atoms with van der Waals surface area (Å²) < 4.78 is 1.85. The molecule has 1 aromatic rings. The average Bonchev–Trinajstić information content (AvgIpc) is 2.65. The lowest BCUT2D eigenvalue weighted by Gasteiger charge is -2.17. The topological polar surface area (TPSA) is 63.1 Å². The molecule has 0 atom stereocenters. The lowest BCUT2D eigenvalue weighted by atomic mass is 9.91. The van der Waals surface area contributed by atoms with Crippen LogP contribution in [-0.2, 0) is 4.79 Å². The lowest BCUT2D eigenvalue weighted by molar-refractivity contribution is -0.146. The van der Waals surface area contributed by atoms with Crippen LogP contribution in [0, 0.1) is 5.41 Å². The summed E-state index contributed by atoms with van der Waals surface area (Å²) in [5, 5.41) is 16.9. The number of thioether (sulfide) groups is 2. The summed E-state index contributed by atoms with van der Waals surface area (Å²) >= 11 is 4.69. The van der Waals surface area contributed by atoms with Crippen molar-refractivity contribution in [2.24, 2.45) is 5.41 Å². The predicted octanol–water partition coefficient (Wildman–Crippen LogP) is 2.85. The molecular formula is C9H14N2O2S3. The molecule has 16 heavy (non-hydrogen) atoms. The van der Waals surface area contributed by atoms with E-state index in [0.717, 1.165) is 14.4 Å². The van der Waals surface area contributed by atoms with E-state index in [2.05, 4.69) is 10.2 Å². The molecule has 0 aliphatic rings. The molecule has 0 radical (unpaired) electrons. The van der Waals surface area contributed by atoms with Gasteiger partial charge in [-0.15, -0.1) is 10.2 Å². The van der Waals surface area contributed by atoms with Crippen molar-refractivity contribution < 1.29 is 9.90 Å². The van der Waals surface area contributed by atoms with Gasteiger partial charge in [-0.1, -0.05) is 34.9 Å². The Bertz CT molecular complexity index is 365. The molecule has 0 spiro atoms. The number of carboxylic acid groups (broad SMARTS) is 1. The molecule has 90 valence electrons. The molecule has 0 saturated heterocycles. The number of hydrogen-bond acceptors (Lipinski definition) is 6. The summed E-state index contributed by atoms with van der Waals surface area (Å²) in [7, 11) is 0. The van der Waals surface area contributed by atoms with Crippen molar-refractivity contribution in [1.82, 2.24) is 10.2 Å². The van der Waals surface area contributed by atoms with E-state index >= 15 is 0 Å². The summed E-state index contributed by atoms with van der Waals surface area (Å²) in [6.07, 6.45) is 2.59. The van der Waals surface area contributed by atoms with Crippen molar-refractivity contribution in [1.29, 1.82) is 0 Å². The van der Waals surface area contributed by atoms with Gasteiger partial charge >= 0.3 is 5.97 Å². The van der Waals surface area contributed by atoms with Crippen LogP contribution in [0.2, 0.25) is 0 Å². The van der Waals surface area contributed by atoms with Gasteiger partial charge in [-0.3, -0.25) is 4.79 Å². The van der Waals surface area contributed by atoms with E-state index in [4.69, 9.17) is 5.11 Å².